The van der Waals surface area contributed by atoms with Crippen molar-refractivity contribution in [1.29, 1.82) is 0 Å². The smallest absolute Gasteiger partial charge is 0.208 e. The maximum absolute atomic E-state index is 11.0. The second kappa shape index (κ2) is 11.7. The van der Waals surface area contributed by atoms with Crippen molar-refractivity contribution in [2.45, 2.75) is 53.4 Å². The summed E-state index contributed by atoms with van der Waals surface area (Å²) in [6.45, 7) is 7.84. The van der Waals surface area contributed by atoms with Crippen molar-refractivity contribution in [3.8, 4) is 12.3 Å². The fourth-order valence-corrected chi connectivity index (χ4v) is 1.22. The Morgan fingerprint density at radius 1 is 1.16 bits per heavy atom. The first-order valence-corrected chi connectivity index (χ1v) is 6.74. The molecule has 1 aromatic carbocycles. The molecule has 1 aromatic rings. The van der Waals surface area contributed by atoms with Gasteiger partial charge in [0.1, 0.15) is 0 Å². The topological polar surface area (TPSA) is 0 Å². The normalized spacial score (nSPS) is 11.1. The first-order chi connectivity index (χ1) is 8.86. The van der Waals surface area contributed by atoms with E-state index in [-0.39, 0.29) is 0 Å². The van der Waals surface area contributed by atoms with Gasteiger partial charge >= 0.3 is 0 Å². The molecule has 0 heterocycles. The van der Waals surface area contributed by atoms with Gasteiger partial charge in [0.25, 0.3) is 0 Å². The summed E-state index contributed by atoms with van der Waals surface area (Å²) in [5, 5.41) is 0. The zero-order valence-electron chi connectivity index (χ0n) is 12.7. The van der Waals surface area contributed by atoms with E-state index in [0.29, 0.717) is 5.92 Å². The number of alkyl halides is 2. The molecule has 0 saturated heterocycles. The monoisotopic (exact) mass is 268 g/mol. The predicted molar refractivity (Wildman–Crippen MR) is 80.4 cm³/mol. The first-order valence-electron chi connectivity index (χ1n) is 6.74. The Labute approximate surface area is 117 Å². The molecule has 0 nitrogen and oxygen atoms in total. The average Bonchev–Trinajstić information content (AvgIpc) is 2.37. The lowest BCUT2D eigenvalue weighted by Gasteiger charge is -2.06. The van der Waals surface area contributed by atoms with Crippen molar-refractivity contribution in [2.24, 2.45) is 5.92 Å². The highest BCUT2D eigenvalue weighted by Gasteiger charge is 2.08. The summed E-state index contributed by atoms with van der Waals surface area (Å²) < 4.78 is 22.0. The van der Waals surface area contributed by atoms with Crippen LogP contribution in [0.1, 0.15) is 46.6 Å². The molecule has 0 aliphatic carbocycles. The summed E-state index contributed by atoms with van der Waals surface area (Å²) in [6, 6.07) is 10.4. The minimum Gasteiger partial charge on any atom is -0.208 e. The molecule has 0 aliphatic heterocycles. The Hall–Kier alpha value is -1.36. The molecule has 1 rings (SSSR count). The van der Waals surface area contributed by atoms with Gasteiger partial charge in [0.15, 0.2) is 0 Å². The number of terminal acetylenes is 1. The Bertz CT molecular complexity index is 325. The highest BCUT2D eigenvalue weighted by Crippen LogP contribution is 2.10. The average molecular weight is 268 g/mol. The SMILES string of the molecule is C#CC(CC)Cc1ccccc1.CC.CC(C)(F)F. The molecule has 0 saturated carbocycles. The van der Waals surface area contributed by atoms with E-state index >= 15 is 0 Å². The van der Waals surface area contributed by atoms with Crippen molar-refractivity contribution in [3.05, 3.63) is 35.9 Å². The molecule has 2 heteroatoms. The van der Waals surface area contributed by atoms with Gasteiger partial charge in [0.05, 0.1) is 0 Å². The van der Waals surface area contributed by atoms with Crippen molar-refractivity contribution >= 4 is 0 Å². The summed E-state index contributed by atoms with van der Waals surface area (Å²) >= 11 is 0. The summed E-state index contributed by atoms with van der Waals surface area (Å²) in [5.74, 6) is 0.696. The van der Waals surface area contributed by atoms with Crippen LogP contribution < -0.4 is 0 Å². The number of benzene rings is 1. The third-order valence-corrected chi connectivity index (χ3v) is 2.05. The number of rotatable bonds is 3. The molecule has 0 amide bonds. The van der Waals surface area contributed by atoms with Crippen LogP contribution in [-0.2, 0) is 6.42 Å². The van der Waals surface area contributed by atoms with E-state index in [1.165, 1.54) is 5.56 Å². The lowest BCUT2D eigenvalue weighted by atomic mass is 9.98. The molecular weight excluding hydrogens is 242 g/mol. The molecule has 108 valence electrons. The van der Waals surface area contributed by atoms with Gasteiger partial charge in [0.2, 0.25) is 5.92 Å². The zero-order chi connectivity index (χ0) is 15.3. The fourth-order valence-electron chi connectivity index (χ4n) is 1.22. The Morgan fingerprint density at radius 3 is 1.89 bits per heavy atom. The first kappa shape index (κ1) is 20.0. The molecule has 0 aliphatic rings. The van der Waals surface area contributed by atoms with E-state index in [9.17, 15) is 8.78 Å². The summed E-state index contributed by atoms with van der Waals surface area (Å²) in [6.07, 6.45) is 7.45. The molecule has 1 unspecified atom stereocenters. The van der Waals surface area contributed by atoms with Crippen LogP contribution in [0, 0.1) is 18.3 Å². The fraction of sp³-hybridized carbons (Fsp3) is 0.529. The van der Waals surface area contributed by atoms with Gasteiger partial charge in [-0.05, 0) is 32.3 Å². The minimum atomic E-state index is -2.50. The van der Waals surface area contributed by atoms with Crippen molar-refractivity contribution in [1.82, 2.24) is 0 Å². The van der Waals surface area contributed by atoms with Crippen LogP contribution in [0.15, 0.2) is 30.3 Å². The van der Waals surface area contributed by atoms with Crippen LogP contribution in [0.25, 0.3) is 0 Å². The van der Waals surface area contributed by atoms with E-state index in [1.807, 2.05) is 19.9 Å². The minimum absolute atomic E-state index is 0.396. The molecule has 0 bridgehead atoms. The lowest BCUT2D eigenvalue weighted by Crippen LogP contribution is -1.99. The number of hydrogen-bond acceptors (Lipinski definition) is 0. The lowest BCUT2D eigenvalue weighted by molar-refractivity contribution is 0.0437. The standard InChI is InChI=1S/C12H14.C3H6F2.C2H6/c1-3-11(4-2)10-12-8-6-5-7-9-12;1-3(2,4)5;1-2/h1,5-9,11H,4,10H2,2H3;1-2H3;1-2H3. The van der Waals surface area contributed by atoms with Crippen LogP contribution in [0.3, 0.4) is 0 Å². The Balaban J connectivity index is 0. The predicted octanol–water partition coefficient (Wildman–Crippen LogP) is 5.58. The van der Waals surface area contributed by atoms with E-state index in [0.717, 1.165) is 26.7 Å². The summed E-state index contributed by atoms with van der Waals surface area (Å²) in [5.41, 5.74) is 1.34. The molecule has 0 radical (unpaired) electrons. The summed E-state index contributed by atoms with van der Waals surface area (Å²) in [7, 11) is 0. The Kier molecular flexibility index (Phi) is 12.3. The highest BCUT2D eigenvalue weighted by atomic mass is 19.3. The van der Waals surface area contributed by atoms with Gasteiger partial charge in [-0.25, -0.2) is 8.78 Å². The number of halogens is 2. The summed E-state index contributed by atoms with van der Waals surface area (Å²) in [4.78, 5) is 0. The largest absolute Gasteiger partial charge is 0.242 e. The maximum atomic E-state index is 11.0. The molecule has 1 atom stereocenters. The van der Waals surface area contributed by atoms with Crippen LogP contribution in [0.4, 0.5) is 8.78 Å². The maximum Gasteiger partial charge on any atom is 0.242 e. The second-order valence-electron chi connectivity index (χ2n) is 4.29. The van der Waals surface area contributed by atoms with Crippen LogP contribution in [-0.4, -0.2) is 5.92 Å². The molecule has 0 fully saturated rings. The molecule has 0 aromatic heterocycles. The van der Waals surface area contributed by atoms with Crippen molar-refractivity contribution < 1.29 is 8.78 Å². The molecule has 19 heavy (non-hydrogen) atoms. The van der Waals surface area contributed by atoms with Crippen LogP contribution >= 0.6 is 0 Å². The van der Waals surface area contributed by atoms with Crippen molar-refractivity contribution in [3.63, 3.8) is 0 Å². The quantitative estimate of drug-likeness (QED) is 0.628. The third-order valence-electron chi connectivity index (χ3n) is 2.05. The van der Waals surface area contributed by atoms with Gasteiger partial charge < -0.3 is 0 Å². The van der Waals surface area contributed by atoms with Gasteiger partial charge in [-0.3, -0.25) is 0 Å². The third kappa shape index (κ3) is 16.6. The van der Waals surface area contributed by atoms with E-state index in [2.05, 4.69) is 37.1 Å². The molecule has 0 N–H and O–H groups in total. The van der Waals surface area contributed by atoms with E-state index in [4.69, 9.17) is 6.42 Å². The van der Waals surface area contributed by atoms with Gasteiger partial charge in [-0.2, -0.15) is 0 Å². The highest BCUT2D eigenvalue weighted by molar-refractivity contribution is 5.17. The zero-order valence-corrected chi connectivity index (χ0v) is 12.7. The second-order valence-corrected chi connectivity index (χ2v) is 4.29. The number of hydrogen-bond donors (Lipinski definition) is 0. The van der Waals surface area contributed by atoms with Gasteiger partial charge in [0, 0.05) is 5.92 Å². The molecular formula is C17H26F2. The van der Waals surface area contributed by atoms with Crippen LogP contribution in [0.2, 0.25) is 0 Å². The van der Waals surface area contributed by atoms with E-state index < -0.39 is 5.92 Å². The van der Waals surface area contributed by atoms with E-state index in [1.54, 1.807) is 0 Å². The van der Waals surface area contributed by atoms with Crippen LogP contribution in [0.5, 0.6) is 0 Å². The van der Waals surface area contributed by atoms with Crippen molar-refractivity contribution in [2.75, 3.05) is 0 Å². The molecule has 0 spiro atoms. The van der Waals surface area contributed by atoms with Gasteiger partial charge in [-0.1, -0.05) is 51.1 Å². The van der Waals surface area contributed by atoms with Gasteiger partial charge in [-0.15, -0.1) is 12.3 Å². The Morgan fingerprint density at radius 2 is 1.58 bits per heavy atom.